The molecule has 0 aromatic carbocycles. The van der Waals surface area contributed by atoms with Crippen LogP contribution in [0.1, 0.15) is 41.0 Å². The van der Waals surface area contributed by atoms with Crippen LogP contribution in [0.25, 0.3) is 0 Å². The first-order valence-electron chi connectivity index (χ1n) is 8.91. The molecule has 0 bridgehead atoms. The summed E-state index contributed by atoms with van der Waals surface area (Å²) in [5.41, 5.74) is 3.88. The van der Waals surface area contributed by atoms with E-state index in [1.807, 2.05) is 20.9 Å². The highest BCUT2D eigenvalue weighted by atomic mass is 16.6. The van der Waals surface area contributed by atoms with Gasteiger partial charge in [-0.05, 0) is 43.6 Å². The summed E-state index contributed by atoms with van der Waals surface area (Å²) in [7, 11) is 1.82. The number of fused-ring (bicyclic) bond motifs is 2. The van der Waals surface area contributed by atoms with E-state index in [1.165, 1.54) is 6.92 Å². The molecule has 0 spiro atoms. The first-order chi connectivity index (χ1) is 11.7. The number of nitrogens with zero attached hydrogens (tertiary/aromatic N) is 1. The molecule has 4 atom stereocenters. The monoisotopic (exact) mass is 345 g/mol. The van der Waals surface area contributed by atoms with Gasteiger partial charge in [0.25, 0.3) is 5.91 Å². The number of hydrogen-bond donors (Lipinski definition) is 0. The lowest BCUT2D eigenvalue weighted by Gasteiger charge is -2.49. The van der Waals surface area contributed by atoms with E-state index in [4.69, 9.17) is 9.47 Å². The highest BCUT2D eigenvalue weighted by Gasteiger charge is 2.51. The zero-order valence-corrected chi connectivity index (χ0v) is 15.9. The fourth-order valence-corrected chi connectivity index (χ4v) is 4.35. The van der Waals surface area contributed by atoms with Crippen molar-refractivity contribution in [3.63, 3.8) is 0 Å². The zero-order valence-electron chi connectivity index (χ0n) is 15.9. The van der Waals surface area contributed by atoms with E-state index in [0.29, 0.717) is 6.61 Å². The minimum atomic E-state index is -0.322. The van der Waals surface area contributed by atoms with Gasteiger partial charge in [-0.1, -0.05) is 13.8 Å². The summed E-state index contributed by atoms with van der Waals surface area (Å²) < 4.78 is 11.5. The molecule has 1 heterocycles. The van der Waals surface area contributed by atoms with Crippen LogP contribution in [0.3, 0.4) is 0 Å². The number of carbonyl (C=O) groups is 2. The van der Waals surface area contributed by atoms with Gasteiger partial charge in [-0.2, -0.15) is 0 Å². The standard InChI is InChI=1S/C20H27NO4/c1-7-24-17-9-14-8-16-15(11(2)19(23)21(16)6)10-20(14,5)12(3)18(17)25-13(4)22/h8-9,12,17-18H,7,10H2,1-6H3/t12-,17+,18+,20+/m0/s1. The molecule has 1 aliphatic heterocycles. The Morgan fingerprint density at radius 3 is 2.72 bits per heavy atom. The summed E-state index contributed by atoms with van der Waals surface area (Å²) >= 11 is 0. The van der Waals surface area contributed by atoms with Crippen LogP contribution in [0.4, 0.5) is 0 Å². The molecule has 0 saturated heterocycles. The van der Waals surface area contributed by atoms with Crippen LogP contribution in [0, 0.1) is 11.3 Å². The first-order valence-corrected chi connectivity index (χ1v) is 8.91. The smallest absolute Gasteiger partial charge is 0.303 e. The van der Waals surface area contributed by atoms with E-state index in [1.54, 1.807) is 4.90 Å². The van der Waals surface area contributed by atoms with Gasteiger partial charge in [-0.15, -0.1) is 0 Å². The highest BCUT2D eigenvalue weighted by molar-refractivity contribution is 6.00. The Labute approximate surface area is 149 Å². The molecule has 0 aromatic heterocycles. The second-order valence-corrected chi connectivity index (χ2v) is 7.50. The van der Waals surface area contributed by atoms with Crippen molar-refractivity contribution in [1.29, 1.82) is 0 Å². The molecule has 0 fully saturated rings. The van der Waals surface area contributed by atoms with Crippen LogP contribution in [0.5, 0.6) is 0 Å². The molecule has 5 heteroatoms. The molecule has 0 radical (unpaired) electrons. The summed E-state index contributed by atoms with van der Waals surface area (Å²) in [5, 5.41) is 0. The van der Waals surface area contributed by atoms with E-state index in [9.17, 15) is 9.59 Å². The molecule has 0 saturated carbocycles. The molecule has 1 amide bonds. The number of allylic oxidation sites excluding steroid dienone is 3. The Hall–Kier alpha value is -1.88. The number of amides is 1. The normalized spacial score (nSPS) is 34.4. The highest BCUT2D eigenvalue weighted by Crippen LogP contribution is 2.54. The van der Waals surface area contributed by atoms with Gasteiger partial charge in [0.15, 0.2) is 0 Å². The molecule has 0 N–H and O–H groups in total. The lowest BCUT2D eigenvalue weighted by molar-refractivity contribution is -0.161. The summed E-state index contributed by atoms with van der Waals surface area (Å²) in [5.74, 6) is -0.151. The third-order valence-electron chi connectivity index (χ3n) is 6.07. The molecule has 3 rings (SSSR count). The van der Waals surface area contributed by atoms with Gasteiger partial charge in [-0.3, -0.25) is 9.59 Å². The summed E-state index contributed by atoms with van der Waals surface area (Å²) in [6.07, 6.45) is 4.37. The minimum Gasteiger partial charge on any atom is -0.459 e. The lowest BCUT2D eigenvalue weighted by atomic mass is 9.59. The fourth-order valence-electron chi connectivity index (χ4n) is 4.35. The fraction of sp³-hybridized carbons (Fsp3) is 0.600. The predicted molar refractivity (Wildman–Crippen MR) is 94.5 cm³/mol. The first kappa shape index (κ1) is 17.9. The van der Waals surface area contributed by atoms with Crippen molar-refractivity contribution < 1.29 is 19.1 Å². The topological polar surface area (TPSA) is 55.8 Å². The van der Waals surface area contributed by atoms with E-state index in [-0.39, 0.29) is 35.4 Å². The van der Waals surface area contributed by atoms with Gasteiger partial charge in [0.2, 0.25) is 0 Å². The van der Waals surface area contributed by atoms with Gasteiger partial charge >= 0.3 is 5.97 Å². The summed E-state index contributed by atoms with van der Waals surface area (Å²) in [6, 6.07) is 0. The van der Waals surface area contributed by atoms with Crippen LogP contribution in [0.2, 0.25) is 0 Å². The van der Waals surface area contributed by atoms with Gasteiger partial charge in [-0.25, -0.2) is 0 Å². The molecular weight excluding hydrogens is 318 g/mol. The van der Waals surface area contributed by atoms with E-state index >= 15 is 0 Å². The van der Waals surface area contributed by atoms with Gasteiger partial charge in [0.1, 0.15) is 12.2 Å². The molecule has 5 nitrogen and oxygen atoms in total. The van der Waals surface area contributed by atoms with Gasteiger partial charge in [0.05, 0.1) is 0 Å². The van der Waals surface area contributed by atoms with E-state index < -0.39 is 0 Å². The van der Waals surface area contributed by atoms with Crippen molar-refractivity contribution in [2.24, 2.45) is 11.3 Å². The third kappa shape index (κ3) is 2.65. The van der Waals surface area contributed by atoms with Crippen molar-refractivity contribution in [2.75, 3.05) is 13.7 Å². The number of carbonyl (C=O) groups excluding carboxylic acids is 2. The quantitative estimate of drug-likeness (QED) is 0.738. The molecule has 136 valence electrons. The second-order valence-electron chi connectivity index (χ2n) is 7.50. The average Bonchev–Trinajstić information content (AvgIpc) is 2.75. The van der Waals surface area contributed by atoms with Crippen molar-refractivity contribution >= 4 is 11.9 Å². The van der Waals surface area contributed by atoms with Crippen LogP contribution < -0.4 is 0 Å². The van der Waals surface area contributed by atoms with Crippen LogP contribution in [0.15, 0.2) is 34.6 Å². The molecule has 25 heavy (non-hydrogen) atoms. The van der Waals surface area contributed by atoms with Crippen LogP contribution in [-0.4, -0.2) is 42.6 Å². The summed E-state index contributed by atoms with van der Waals surface area (Å²) in [4.78, 5) is 25.7. The van der Waals surface area contributed by atoms with Crippen molar-refractivity contribution in [3.8, 4) is 0 Å². The van der Waals surface area contributed by atoms with Crippen molar-refractivity contribution in [2.45, 2.75) is 53.2 Å². The van der Waals surface area contributed by atoms with Crippen LogP contribution in [-0.2, 0) is 19.1 Å². The van der Waals surface area contributed by atoms with Gasteiger partial charge in [0, 0.05) is 43.2 Å². The molecular formula is C20H27NO4. The molecule has 2 aliphatic carbocycles. The van der Waals surface area contributed by atoms with E-state index in [0.717, 1.165) is 28.8 Å². The third-order valence-corrected chi connectivity index (χ3v) is 6.07. The van der Waals surface area contributed by atoms with Gasteiger partial charge < -0.3 is 14.4 Å². The molecule has 0 aromatic rings. The largest absolute Gasteiger partial charge is 0.459 e. The Balaban J connectivity index is 2.10. The Morgan fingerprint density at radius 1 is 1.44 bits per heavy atom. The number of ether oxygens (including phenoxy) is 2. The van der Waals surface area contributed by atoms with E-state index in [2.05, 4.69) is 26.0 Å². The van der Waals surface area contributed by atoms with Crippen molar-refractivity contribution in [3.05, 3.63) is 34.6 Å². The minimum absolute atomic E-state index is 0.0645. The van der Waals surface area contributed by atoms with Crippen LogP contribution >= 0.6 is 0 Å². The maximum Gasteiger partial charge on any atom is 0.303 e. The molecule has 0 unspecified atom stereocenters. The second kappa shape index (κ2) is 6.13. The number of rotatable bonds is 3. The number of esters is 1. The maximum atomic E-state index is 12.4. The SMILES string of the molecule is CCO[C@@H]1C=C2C=C3C(=C(C)C(=O)N3C)C[C@]2(C)[C@@H](C)[C@H]1OC(C)=O. The van der Waals surface area contributed by atoms with Crippen molar-refractivity contribution in [1.82, 2.24) is 4.90 Å². The number of hydrogen-bond acceptors (Lipinski definition) is 4. The zero-order chi connectivity index (χ0) is 18.5. The average molecular weight is 345 g/mol. The predicted octanol–water partition coefficient (Wildman–Crippen LogP) is 2.98. The Bertz CT molecular complexity index is 717. The molecule has 3 aliphatic rings. The maximum absolute atomic E-state index is 12.4. The lowest BCUT2D eigenvalue weighted by Crippen LogP contribution is -2.49. The number of likely N-dealkylation sites (N-methyl/N-ethyl adjacent to an activating group) is 1. The Morgan fingerprint density at radius 2 is 2.12 bits per heavy atom. The summed E-state index contributed by atoms with van der Waals surface area (Å²) in [6.45, 7) is 10.1. The Kier molecular flexibility index (Phi) is 4.40.